The molecule has 0 saturated carbocycles. The van der Waals surface area contributed by atoms with Crippen LogP contribution in [0.3, 0.4) is 0 Å². The summed E-state index contributed by atoms with van der Waals surface area (Å²) < 4.78 is 0. The SMILES string of the molecule is Cc1ccc(CNc2ncc(Cl)cc2N)cn1. The van der Waals surface area contributed by atoms with E-state index in [0.29, 0.717) is 23.1 Å². The molecule has 2 aromatic heterocycles. The van der Waals surface area contributed by atoms with E-state index in [-0.39, 0.29) is 0 Å². The molecule has 5 heteroatoms. The van der Waals surface area contributed by atoms with Gasteiger partial charge in [-0.15, -0.1) is 0 Å². The summed E-state index contributed by atoms with van der Waals surface area (Å²) in [6.45, 7) is 2.59. The fraction of sp³-hybridized carbons (Fsp3) is 0.167. The van der Waals surface area contributed by atoms with Gasteiger partial charge in [0.25, 0.3) is 0 Å². The van der Waals surface area contributed by atoms with Gasteiger partial charge in [-0.1, -0.05) is 17.7 Å². The Kier molecular flexibility index (Phi) is 3.44. The summed E-state index contributed by atoms with van der Waals surface area (Å²) >= 11 is 5.77. The first kappa shape index (κ1) is 11.7. The average molecular weight is 249 g/mol. The topological polar surface area (TPSA) is 63.8 Å². The Labute approximate surface area is 105 Å². The first-order chi connectivity index (χ1) is 8.15. The smallest absolute Gasteiger partial charge is 0.149 e. The summed E-state index contributed by atoms with van der Waals surface area (Å²) in [6.07, 6.45) is 3.39. The van der Waals surface area contributed by atoms with Crippen molar-refractivity contribution in [3.8, 4) is 0 Å². The lowest BCUT2D eigenvalue weighted by Crippen LogP contribution is -2.04. The van der Waals surface area contributed by atoms with E-state index in [1.165, 1.54) is 0 Å². The molecule has 4 nitrogen and oxygen atoms in total. The van der Waals surface area contributed by atoms with Crippen LogP contribution in [0.4, 0.5) is 11.5 Å². The van der Waals surface area contributed by atoms with Gasteiger partial charge in [0.1, 0.15) is 5.82 Å². The molecule has 0 fully saturated rings. The first-order valence-electron chi connectivity index (χ1n) is 5.21. The van der Waals surface area contributed by atoms with Crippen molar-refractivity contribution in [2.45, 2.75) is 13.5 Å². The minimum absolute atomic E-state index is 0.532. The number of pyridine rings is 2. The van der Waals surface area contributed by atoms with E-state index in [2.05, 4.69) is 15.3 Å². The minimum atomic E-state index is 0.532. The van der Waals surface area contributed by atoms with Crippen LogP contribution in [0.5, 0.6) is 0 Å². The molecule has 0 bridgehead atoms. The predicted octanol–water partition coefficient (Wildman–Crippen LogP) is 2.63. The second-order valence-electron chi connectivity index (χ2n) is 3.75. The van der Waals surface area contributed by atoms with Gasteiger partial charge in [-0.25, -0.2) is 4.98 Å². The van der Waals surface area contributed by atoms with E-state index in [4.69, 9.17) is 17.3 Å². The zero-order valence-corrected chi connectivity index (χ0v) is 10.2. The highest BCUT2D eigenvalue weighted by Crippen LogP contribution is 2.19. The zero-order valence-electron chi connectivity index (χ0n) is 9.44. The van der Waals surface area contributed by atoms with Crippen LogP contribution in [-0.2, 0) is 6.54 Å². The molecular weight excluding hydrogens is 236 g/mol. The second-order valence-corrected chi connectivity index (χ2v) is 4.19. The molecule has 0 aliphatic rings. The average Bonchev–Trinajstić information content (AvgIpc) is 2.30. The predicted molar refractivity (Wildman–Crippen MR) is 70.0 cm³/mol. The Morgan fingerprint density at radius 3 is 2.76 bits per heavy atom. The normalized spacial score (nSPS) is 10.2. The Hall–Kier alpha value is -1.81. The number of aromatic nitrogens is 2. The van der Waals surface area contributed by atoms with Gasteiger partial charge in [-0.05, 0) is 24.6 Å². The number of nitrogens with one attached hydrogen (secondary N) is 1. The molecule has 88 valence electrons. The van der Waals surface area contributed by atoms with Gasteiger partial charge in [0.15, 0.2) is 0 Å². The van der Waals surface area contributed by atoms with Gasteiger partial charge in [0.2, 0.25) is 0 Å². The van der Waals surface area contributed by atoms with Crippen molar-refractivity contribution in [2.75, 3.05) is 11.1 Å². The number of halogens is 1. The largest absolute Gasteiger partial charge is 0.396 e. The van der Waals surface area contributed by atoms with Crippen LogP contribution >= 0.6 is 11.6 Å². The summed E-state index contributed by atoms with van der Waals surface area (Å²) in [4.78, 5) is 8.34. The maximum atomic E-state index is 5.78. The standard InChI is InChI=1S/C12H13ClN4/c1-8-2-3-9(5-15-8)6-16-12-11(14)4-10(13)7-17-12/h2-5,7H,6,14H2,1H3,(H,16,17). The number of hydrogen-bond donors (Lipinski definition) is 2. The number of aryl methyl sites for hydroxylation is 1. The summed E-state index contributed by atoms with van der Waals surface area (Å²) in [5.74, 6) is 0.634. The fourth-order valence-corrected chi connectivity index (χ4v) is 1.56. The van der Waals surface area contributed by atoms with Crippen LogP contribution in [-0.4, -0.2) is 9.97 Å². The maximum Gasteiger partial charge on any atom is 0.149 e. The number of anilines is 2. The molecule has 2 rings (SSSR count). The Morgan fingerprint density at radius 1 is 1.29 bits per heavy atom. The fourth-order valence-electron chi connectivity index (χ4n) is 1.39. The Balaban J connectivity index is 2.04. The van der Waals surface area contributed by atoms with Gasteiger partial charge in [-0.2, -0.15) is 0 Å². The van der Waals surface area contributed by atoms with Crippen molar-refractivity contribution in [2.24, 2.45) is 0 Å². The van der Waals surface area contributed by atoms with E-state index in [1.807, 2.05) is 25.3 Å². The summed E-state index contributed by atoms with van der Waals surface area (Å²) in [6, 6.07) is 5.65. The lowest BCUT2D eigenvalue weighted by molar-refractivity contribution is 1.07. The molecule has 0 amide bonds. The molecule has 0 saturated heterocycles. The molecule has 3 N–H and O–H groups in total. The van der Waals surface area contributed by atoms with Crippen LogP contribution in [0.2, 0.25) is 5.02 Å². The van der Waals surface area contributed by atoms with Crippen molar-refractivity contribution < 1.29 is 0 Å². The van der Waals surface area contributed by atoms with Crippen molar-refractivity contribution in [3.63, 3.8) is 0 Å². The molecular formula is C12H13ClN4. The first-order valence-corrected chi connectivity index (χ1v) is 5.59. The van der Waals surface area contributed by atoms with Crippen molar-refractivity contribution in [1.82, 2.24) is 9.97 Å². The lowest BCUT2D eigenvalue weighted by atomic mass is 10.2. The van der Waals surface area contributed by atoms with Crippen LogP contribution in [0.25, 0.3) is 0 Å². The van der Waals surface area contributed by atoms with E-state index in [0.717, 1.165) is 11.3 Å². The second kappa shape index (κ2) is 5.01. The third kappa shape index (κ3) is 3.07. The van der Waals surface area contributed by atoms with E-state index >= 15 is 0 Å². The Morgan fingerprint density at radius 2 is 2.12 bits per heavy atom. The summed E-state index contributed by atoms with van der Waals surface area (Å²) in [5.41, 5.74) is 8.40. The van der Waals surface area contributed by atoms with Crippen LogP contribution in [0.15, 0.2) is 30.6 Å². The molecule has 0 unspecified atom stereocenters. The van der Waals surface area contributed by atoms with Gasteiger partial charge < -0.3 is 11.1 Å². The van der Waals surface area contributed by atoms with Crippen LogP contribution < -0.4 is 11.1 Å². The van der Waals surface area contributed by atoms with Gasteiger partial charge in [-0.3, -0.25) is 4.98 Å². The third-order valence-corrected chi connectivity index (χ3v) is 2.52. The molecule has 0 aromatic carbocycles. The van der Waals surface area contributed by atoms with Crippen LogP contribution in [0, 0.1) is 6.92 Å². The van der Waals surface area contributed by atoms with Gasteiger partial charge in [0, 0.05) is 24.6 Å². The van der Waals surface area contributed by atoms with E-state index in [9.17, 15) is 0 Å². The molecule has 0 atom stereocenters. The quantitative estimate of drug-likeness (QED) is 0.877. The molecule has 17 heavy (non-hydrogen) atoms. The molecule has 0 aliphatic heterocycles. The zero-order chi connectivity index (χ0) is 12.3. The number of hydrogen-bond acceptors (Lipinski definition) is 4. The van der Waals surface area contributed by atoms with Crippen molar-refractivity contribution in [1.29, 1.82) is 0 Å². The molecule has 2 heterocycles. The summed E-state index contributed by atoms with van der Waals surface area (Å²) in [5, 5.41) is 3.67. The van der Waals surface area contributed by atoms with E-state index < -0.39 is 0 Å². The number of rotatable bonds is 3. The highest BCUT2D eigenvalue weighted by atomic mass is 35.5. The van der Waals surface area contributed by atoms with Crippen molar-refractivity contribution >= 4 is 23.1 Å². The molecule has 0 spiro atoms. The number of nitrogen functional groups attached to an aromatic ring is 1. The third-order valence-electron chi connectivity index (χ3n) is 2.32. The molecule has 0 radical (unpaired) electrons. The number of nitrogens with two attached hydrogens (primary N) is 1. The molecule has 0 aliphatic carbocycles. The molecule has 2 aromatic rings. The van der Waals surface area contributed by atoms with Crippen molar-refractivity contribution in [3.05, 3.63) is 46.9 Å². The number of nitrogens with zero attached hydrogens (tertiary/aromatic N) is 2. The highest BCUT2D eigenvalue weighted by Gasteiger charge is 2.01. The summed E-state index contributed by atoms with van der Waals surface area (Å²) in [7, 11) is 0. The van der Waals surface area contributed by atoms with Gasteiger partial charge in [0.05, 0.1) is 10.7 Å². The minimum Gasteiger partial charge on any atom is -0.396 e. The van der Waals surface area contributed by atoms with Gasteiger partial charge >= 0.3 is 0 Å². The maximum absolute atomic E-state index is 5.78. The van der Waals surface area contributed by atoms with E-state index in [1.54, 1.807) is 12.3 Å². The Bertz CT molecular complexity index is 510. The monoisotopic (exact) mass is 248 g/mol. The van der Waals surface area contributed by atoms with Crippen LogP contribution in [0.1, 0.15) is 11.3 Å². The lowest BCUT2D eigenvalue weighted by Gasteiger charge is -2.08. The highest BCUT2D eigenvalue weighted by molar-refractivity contribution is 6.30.